The van der Waals surface area contributed by atoms with E-state index >= 15 is 0 Å². The summed E-state index contributed by atoms with van der Waals surface area (Å²) in [5.41, 5.74) is 5.74. The largest absolute Gasteiger partial charge is 0.496 e. The van der Waals surface area contributed by atoms with Gasteiger partial charge in [0.25, 0.3) is 0 Å². The number of fused-ring (bicyclic) bond motifs is 2. The van der Waals surface area contributed by atoms with Crippen LogP contribution in [0.4, 0.5) is 0 Å². The summed E-state index contributed by atoms with van der Waals surface area (Å²) in [7, 11) is 4.05. The molecule has 4 rings (SSSR count). The van der Waals surface area contributed by atoms with E-state index in [-0.39, 0.29) is 0 Å². The van der Waals surface area contributed by atoms with Gasteiger partial charge in [0.2, 0.25) is 0 Å². The number of rotatable bonds is 6. The Morgan fingerprint density at radius 2 is 2.07 bits per heavy atom. The summed E-state index contributed by atoms with van der Waals surface area (Å²) in [4.78, 5) is 2.50. The van der Waals surface area contributed by atoms with Gasteiger partial charge >= 0.3 is 0 Å². The van der Waals surface area contributed by atoms with Gasteiger partial charge in [0.05, 0.1) is 13.7 Å². The second kappa shape index (κ2) is 8.35. The predicted molar refractivity (Wildman–Crippen MR) is 110 cm³/mol. The average Bonchev–Trinajstić information content (AvgIpc) is 2.72. The molecule has 144 valence electrons. The van der Waals surface area contributed by atoms with Crippen molar-refractivity contribution in [1.29, 1.82) is 0 Å². The highest BCUT2D eigenvalue weighted by Gasteiger charge is 2.23. The van der Waals surface area contributed by atoms with Crippen molar-refractivity contribution in [1.82, 2.24) is 4.90 Å². The predicted octanol–water partition coefficient (Wildman–Crippen LogP) is 4.61. The fourth-order valence-electron chi connectivity index (χ4n) is 4.65. The molecule has 2 aromatic rings. The number of methoxy groups -OCH3 is 1. The molecule has 0 bridgehead atoms. The third-order valence-electron chi connectivity index (χ3n) is 6.10. The maximum absolute atomic E-state index is 5.74. The second-order valence-electron chi connectivity index (χ2n) is 8.02. The number of benzene rings is 2. The van der Waals surface area contributed by atoms with Crippen molar-refractivity contribution in [3.05, 3.63) is 58.7 Å². The number of nitrogens with zero attached hydrogens (tertiary/aromatic N) is 1. The third-order valence-corrected chi connectivity index (χ3v) is 6.10. The van der Waals surface area contributed by atoms with Gasteiger partial charge in [-0.05, 0) is 85.9 Å². The molecule has 0 N–H and O–H groups in total. The van der Waals surface area contributed by atoms with Crippen molar-refractivity contribution in [3.8, 4) is 11.5 Å². The highest BCUT2D eigenvalue weighted by atomic mass is 16.5. The van der Waals surface area contributed by atoms with Crippen molar-refractivity contribution >= 4 is 0 Å². The van der Waals surface area contributed by atoms with E-state index in [2.05, 4.69) is 48.3 Å². The summed E-state index contributed by atoms with van der Waals surface area (Å²) < 4.78 is 11.3. The van der Waals surface area contributed by atoms with Crippen molar-refractivity contribution in [2.75, 3.05) is 33.9 Å². The minimum Gasteiger partial charge on any atom is -0.496 e. The molecule has 0 radical (unpaired) electrons. The van der Waals surface area contributed by atoms with E-state index in [0.717, 1.165) is 56.9 Å². The third kappa shape index (κ3) is 4.14. The van der Waals surface area contributed by atoms with E-state index in [0.29, 0.717) is 5.92 Å². The molecule has 2 aromatic carbocycles. The molecule has 1 atom stereocenters. The normalized spacial score (nSPS) is 18.6. The Morgan fingerprint density at radius 3 is 2.96 bits per heavy atom. The molecule has 1 aliphatic carbocycles. The molecule has 2 aliphatic rings. The van der Waals surface area contributed by atoms with Gasteiger partial charge in [-0.15, -0.1) is 0 Å². The van der Waals surface area contributed by atoms with Crippen LogP contribution in [0.15, 0.2) is 36.4 Å². The lowest BCUT2D eigenvalue weighted by Gasteiger charge is -2.30. The number of hydrogen-bond acceptors (Lipinski definition) is 3. The summed E-state index contributed by atoms with van der Waals surface area (Å²) in [6, 6.07) is 13.3. The van der Waals surface area contributed by atoms with Crippen LogP contribution in [0.2, 0.25) is 0 Å². The van der Waals surface area contributed by atoms with Crippen LogP contribution in [0, 0.1) is 0 Å². The van der Waals surface area contributed by atoms with Crippen LogP contribution < -0.4 is 9.47 Å². The molecule has 0 aromatic heterocycles. The maximum Gasteiger partial charge on any atom is 0.122 e. The van der Waals surface area contributed by atoms with E-state index in [4.69, 9.17) is 9.47 Å². The van der Waals surface area contributed by atoms with Gasteiger partial charge in [0.15, 0.2) is 0 Å². The van der Waals surface area contributed by atoms with Crippen LogP contribution in [-0.4, -0.2) is 38.8 Å². The van der Waals surface area contributed by atoms with Crippen molar-refractivity contribution < 1.29 is 9.47 Å². The zero-order valence-corrected chi connectivity index (χ0v) is 16.7. The first-order valence-corrected chi connectivity index (χ1v) is 10.3. The summed E-state index contributed by atoms with van der Waals surface area (Å²) in [5, 5.41) is 0. The van der Waals surface area contributed by atoms with Crippen molar-refractivity contribution in [3.63, 3.8) is 0 Å². The van der Waals surface area contributed by atoms with E-state index in [9.17, 15) is 0 Å². The fourth-order valence-corrected chi connectivity index (χ4v) is 4.65. The maximum atomic E-state index is 5.74. The number of ether oxygens (including phenoxy) is 2. The first kappa shape index (κ1) is 18.4. The Labute approximate surface area is 163 Å². The Bertz CT molecular complexity index is 786. The van der Waals surface area contributed by atoms with Crippen LogP contribution >= 0.6 is 0 Å². The summed E-state index contributed by atoms with van der Waals surface area (Å²) in [6.07, 6.45) is 7.08. The Hall–Kier alpha value is -2.00. The van der Waals surface area contributed by atoms with Gasteiger partial charge < -0.3 is 14.4 Å². The van der Waals surface area contributed by atoms with E-state index in [1.54, 1.807) is 7.11 Å². The fraction of sp³-hybridized carbons (Fsp3) is 0.500. The van der Waals surface area contributed by atoms with Gasteiger partial charge in [-0.3, -0.25) is 0 Å². The monoisotopic (exact) mass is 365 g/mol. The van der Waals surface area contributed by atoms with E-state index in [1.807, 2.05) is 0 Å². The summed E-state index contributed by atoms with van der Waals surface area (Å²) in [5.74, 6) is 2.77. The van der Waals surface area contributed by atoms with Crippen molar-refractivity contribution in [2.24, 2.45) is 0 Å². The SMILES string of the molecule is COc1cccc2c1CCC[C@H]2CN(C)CCc1ccc2c(c1)CCCO2. The quantitative estimate of drug-likeness (QED) is 0.746. The average molecular weight is 366 g/mol. The topological polar surface area (TPSA) is 21.7 Å². The molecule has 0 spiro atoms. The first-order chi connectivity index (χ1) is 13.2. The Morgan fingerprint density at radius 1 is 1.15 bits per heavy atom. The molecule has 3 nitrogen and oxygen atoms in total. The zero-order chi connectivity index (χ0) is 18.6. The molecule has 0 unspecified atom stereocenters. The molecule has 1 aliphatic heterocycles. The van der Waals surface area contributed by atoms with Crippen molar-refractivity contribution in [2.45, 2.75) is 44.4 Å². The number of likely N-dealkylation sites (N-methyl/N-ethyl adjacent to an activating group) is 1. The summed E-state index contributed by atoms with van der Waals surface area (Å²) in [6.45, 7) is 3.08. The second-order valence-corrected chi connectivity index (χ2v) is 8.02. The lowest BCUT2D eigenvalue weighted by Crippen LogP contribution is -2.28. The van der Waals surface area contributed by atoms with Crippen LogP contribution in [0.1, 0.15) is 47.4 Å². The minimum atomic E-state index is 0.616. The molecule has 0 amide bonds. The molecule has 1 heterocycles. The molecule has 0 saturated carbocycles. The molecule has 0 fully saturated rings. The van der Waals surface area contributed by atoms with E-state index in [1.165, 1.54) is 35.1 Å². The lowest BCUT2D eigenvalue weighted by molar-refractivity contribution is 0.287. The Balaban J connectivity index is 1.37. The number of hydrogen-bond donors (Lipinski definition) is 0. The van der Waals surface area contributed by atoms with Gasteiger partial charge in [-0.2, -0.15) is 0 Å². The molecule has 3 heteroatoms. The highest BCUT2D eigenvalue weighted by molar-refractivity contribution is 5.44. The zero-order valence-electron chi connectivity index (χ0n) is 16.7. The van der Waals surface area contributed by atoms with E-state index < -0.39 is 0 Å². The smallest absolute Gasteiger partial charge is 0.122 e. The van der Waals surface area contributed by atoms with Crippen LogP contribution in [0.3, 0.4) is 0 Å². The van der Waals surface area contributed by atoms with Gasteiger partial charge in [0.1, 0.15) is 11.5 Å². The molecule has 0 saturated heterocycles. The molecular formula is C24H31NO2. The first-order valence-electron chi connectivity index (χ1n) is 10.3. The van der Waals surface area contributed by atoms with Crippen LogP contribution in [0.25, 0.3) is 0 Å². The highest BCUT2D eigenvalue weighted by Crippen LogP contribution is 2.37. The molecular weight excluding hydrogens is 334 g/mol. The van der Waals surface area contributed by atoms with Gasteiger partial charge in [0, 0.05) is 13.1 Å². The number of aryl methyl sites for hydroxylation is 1. The summed E-state index contributed by atoms with van der Waals surface area (Å²) >= 11 is 0. The van der Waals surface area contributed by atoms with Gasteiger partial charge in [-0.1, -0.05) is 24.3 Å². The van der Waals surface area contributed by atoms with Crippen LogP contribution in [-0.2, 0) is 19.3 Å². The van der Waals surface area contributed by atoms with Crippen LogP contribution in [0.5, 0.6) is 11.5 Å². The lowest BCUT2D eigenvalue weighted by atomic mass is 9.82. The standard InChI is InChI=1S/C24H31NO2/c1-25(14-13-18-11-12-23-19(16-18)7-5-15-27-23)17-20-6-3-9-22-21(20)8-4-10-24(22)26-2/h4,8,10-12,16,20H,3,5-7,9,13-15,17H2,1-2H3/t20-/m0/s1. The molecule has 27 heavy (non-hydrogen) atoms. The minimum absolute atomic E-state index is 0.616. The Kier molecular flexibility index (Phi) is 5.68. The van der Waals surface area contributed by atoms with Gasteiger partial charge in [-0.25, -0.2) is 0 Å².